The molecule has 0 aromatic heterocycles. The molecule has 0 aliphatic heterocycles. The number of benzene rings is 1. The van der Waals surface area contributed by atoms with Gasteiger partial charge in [0.1, 0.15) is 0 Å². The zero-order valence-electron chi connectivity index (χ0n) is 11.6. The van der Waals surface area contributed by atoms with E-state index in [1.165, 1.54) is 0 Å². The molecule has 1 rings (SSSR count). The molecule has 0 aliphatic carbocycles. The Morgan fingerprint density at radius 3 is 2.11 bits per heavy atom. The smallest absolute Gasteiger partial charge is 0.178 e. The van der Waals surface area contributed by atoms with Gasteiger partial charge in [0.2, 0.25) is 0 Å². The first-order valence-corrected chi connectivity index (χ1v) is 8.01. The third-order valence-electron chi connectivity index (χ3n) is 3.21. The number of sulfone groups is 1. The Morgan fingerprint density at radius 2 is 1.68 bits per heavy atom. The van der Waals surface area contributed by atoms with Gasteiger partial charge in [-0.3, -0.25) is 0 Å². The highest BCUT2D eigenvalue weighted by molar-refractivity contribution is 7.91. The summed E-state index contributed by atoms with van der Waals surface area (Å²) in [6.45, 7) is 5.14. The van der Waals surface area contributed by atoms with Gasteiger partial charge >= 0.3 is 0 Å². The van der Waals surface area contributed by atoms with Crippen LogP contribution in [0.5, 0.6) is 0 Å². The van der Waals surface area contributed by atoms with Crippen molar-refractivity contribution in [3.63, 3.8) is 0 Å². The maximum atomic E-state index is 12.2. The van der Waals surface area contributed by atoms with Crippen LogP contribution in [0, 0.1) is 18.8 Å². The van der Waals surface area contributed by atoms with Crippen molar-refractivity contribution in [2.24, 2.45) is 11.8 Å². The first kappa shape index (κ1) is 16.1. The minimum absolute atomic E-state index is 0.0923. The summed E-state index contributed by atoms with van der Waals surface area (Å²) in [5, 5.41) is 19.2. The second-order valence-electron chi connectivity index (χ2n) is 5.27. The molecule has 2 atom stereocenters. The van der Waals surface area contributed by atoms with Gasteiger partial charge in [-0.2, -0.15) is 0 Å². The van der Waals surface area contributed by atoms with Crippen LogP contribution in [0.4, 0.5) is 0 Å². The van der Waals surface area contributed by atoms with Gasteiger partial charge in [-0.1, -0.05) is 31.5 Å². The normalized spacial score (nSPS) is 15.5. The number of hydrogen-bond acceptors (Lipinski definition) is 4. The fourth-order valence-electron chi connectivity index (χ4n) is 1.93. The van der Waals surface area contributed by atoms with E-state index in [-0.39, 0.29) is 23.2 Å². The minimum atomic E-state index is -3.49. The lowest BCUT2D eigenvalue weighted by atomic mass is 9.96. The van der Waals surface area contributed by atoms with E-state index in [1.807, 2.05) is 6.92 Å². The van der Waals surface area contributed by atoms with Gasteiger partial charge in [0.15, 0.2) is 9.84 Å². The van der Waals surface area contributed by atoms with Gasteiger partial charge < -0.3 is 10.2 Å². The van der Waals surface area contributed by atoms with Gasteiger partial charge in [0, 0.05) is 12.5 Å². The molecule has 1 aromatic rings. The SMILES string of the molecule is Cc1ccc(S(=O)(=O)C[C@H](CO)[C@@H](O)C(C)C)cc1. The first-order chi connectivity index (χ1) is 8.77. The lowest BCUT2D eigenvalue weighted by Gasteiger charge is -2.23. The molecule has 0 fully saturated rings. The lowest BCUT2D eigenvalue weighted by molar-refractivity contribution is 0.0441. The molecule has 1 aromatic carbocycles. The summed E-state index contributed by atoms with van der Waals surface area (Å²) >= 11 is 0. The first-order valence-electron chi connectivity index (χ1n) is 6.36. The van der Waals surface area contributed by atoms with Crippen LogP contribution in [0.1, 0.15) is 19.4 Å². The molecule has 0 saturated carbocycles. The number of aryl methyl sites for hydroxylation is 1. The Hall–Kier alpha value is -0.910. The molecule has 0 saturated heterocycles. The number of aliphatic hydroxyl groups excluding tert-OH is 2. The average Bonchev–Trinajstić information content (AvgIpc) is 2.35. The van der Waals surface area contributed by atoms with Crippen LogP contribution >= 0.6 is 0 Å². The Kier molecular flexibility index (Phi) is 5.52. The predicted molar refractivity (Wildman–Crippen MR) is 74.7 cm³/mol. The molecule has 0 aliphatic rings. The molecular formula is C14H22O4S. The monoisotopic (exact) mass is 286 g/mol. The van der Waals surface area contributed by atoms with Crippen molar-refractivity contribution in [1.82, 2.24) is 0 Å². The number of hydrogen-bond donors (Lipinski definition) is 2. The molecule has 0 spiro atoms. The van der Waals surface area contributed by atoms with Gasteiger partial charge in [-0.25, -0.2) is 8.42 Å². The van der Waals surface area contributed by atoms with Gasteiger partial charge in [-0.05, 0) is 25.0 Å². The third kappa shape index (κ3) is 4.30. The van der Waals surface area contributed by atoms with E-state index in [4.69, 9.17) is 0 Å². The highest BCUT2D eigenvalue weighted by Crippen LogP contribution is 2.20. The van der Waals surface area contributed by atoms with Crippen molar-refractivity contribution < 1.29 is 18.6 Å². The molecule has 108 valence electrons. The Labute approximate surface area is 115 Å². The lowest BCUT2D eigenvalue weighted by Crippen LogP contribution is -2.34. The minimum Gasteiger partial charge on any atom is -0.396 e. The van der Waals surface area contributed by atoms with Crippen LogP contribution in [0.2, 0.25) is 0 Å². The number of aliphatic hydroxyl groups is 2. The number of rotatable bonds is 6. The highest BCUT2D eigenvalue weighted by atomic mass is 32.2. The summed E-state index contributed by atoms with van der Waals surface area (Å²) in [6.07, 6.45) is -0.828. The molecule has 0 amide bonds. The van der Waals surface area contributed by atoms with Gasteiger partial charge in [-0.15, -0.1) is 0 Å². The van der Waals surface area contributed by atoms with E-state index in [1.54, 1.807) is 38.1 Å². The fourth-order valence-corrected chi connectivity index (χ4v) is 3.54. The maximum absolute atomic E-state index is 12.2. The van der Waals surface area contributed by atoms with E-state index in [9.17, 15) is 18.6 Å². The molecule has 2 N–H and O–H groups in total. The van der Waals surface area contributed by atoms with E-state index < -0.39 is 21.9 Å². The van der Waals surface area contributed by atoms with Crippen molar-refractivity contribution in [2.45, 2.75) is 31.8 Å². The van der Waals surface area contributed by atoms with Crippen LogP contribution in [0.15, 0.2) is 29.2 Å². The van der Waals surface area contributed by atoms with Crippen molar-refractivity contribution in [3.8, 4) is 0 Å². The van der Waals surface area contributed by atoms with E-state index in [0.29, 0.717) is 0 Å². The summed E-state index contributed by atoms with van der Waals surface area (Å²) in [6, 6.07) is 6.58. The Morgan fingerprint density at radius 1 is 1.16 bits per heavy atom. The summed E-state index contributed by atoms with van der Waals surface area (Å²) in [4.78, 5) is 0.229. The molecular weight excluding hydrogens is 264 g/mol. The van der Waals surface area contributed by atoms with Crippen LogP contribution in [0.3, 0.4) is 0 Å². The predicted octanol–water partition coefficient (Wildman–Crippen LogP) is 1.39. The van der Waals surface area contributed by atoms with Crippen molar-refractivity contribution in [3.05, 3.63) is 29.8 Å². The summed E-state index contributed by atoms with van der Waals surface area (Å²) in [5.74, 6) is -0.997. The van der Waals surface area contributed by atoms with Crippen LogP contribution in [-0.2, 0) is 9.84 Å². The Balaban J connectivity index is 2.92. The second kappa shape index (κ2) is 6.50. The van der Waals surface area contributed by atoms with Crippen molar-refractivity contribution in [2.75, 3.05) is 12.4 Å². The molecule has 19 heavy (non-hydrogen) atoms. The van der Waals surface area contributed by atoms with E-state index >= 15 is 0 Å². The second-order valence-corrected chi connectivity index (χ2v) is 7.31. The molecule has 0 heterocycles. The zero-order chi connectivity index (χ0) is 14.6. The molecule has 4 nitrogen and oxygen atoms in total. The van der Waals surface area contributed by atoms with Gasteiger partial charge in [0.05, 0.1) is 16.8 Å². The van der Waals surface area contributed by atoms with Crippen LogP contribution in [0.25, 0.3) is 0 Å². The molecule has 0 bridgehead atoms. The largest absolute Gasteiger partial charge is 0.396 e. The van der Waals surface area contributed by atoms with Gasteiger partial charge in [0.25, 0.3) is 0 Å². The summed E-state index contributed by atoms with van der Waals surface area (Å²) < 4.78 is 24.4. The molecule has 5 heteroatoms. The fraction of sp³-hybridized carbons (Fsp3) is 0.571. The molecule has 0 unspecified atom stereocenters. The summed E-state index contributed by atoms with van der Waals surface area (Å²) in [5.41, 5.74) is 0.986. The maximum Gasteiger partial charge on any atom is 0.178 e. The quantitative estimate of drug-likeness (QED) is 0.829. The van der Waals surface area contributed by atoms with Crippen LogP contribution < -0.4 is 0 Å². The van der Waals surface area contributed by atoms with E-state index in [0.717, 1.165) is 5.56 Å². The van der Waals surface area contributed by atoms with Crippen molar-refractivity contribution in [1.29, 1.82) is 0 Å². The summed E-state index contributed by atoms with van der Waals surface area (Å²) in [7, 11) is -3.49. The topological polar surface area (TPSA) is 74.6 Å². The average molecular weight is 286 g/mol. The van der Waals surface area contributed by atoms with Crippen LogP contribution in [-0.4, -0.2) is 37.1 Å². The third-order valence-corrected chi connectivity index (χ3v) is 5.07. The van der Waals surface area contributed by atoms with E-state index in [2.05, 4.69) is 0 Å². The Bertz CT molecular complexity index is 491. The van der Waals surface area contributed by atoms with Crippen molar-refractivity contribution >= 4 is 9.84 Å². The molecule has 0 radical (unpaired) electrons. The standard InChI is InChI=1S/C14H22O4S/c1-10(2)14(16)12(8-15)9-19(17,18)13-6-4-11(3)5-7-13/h4-7,10,12,14-16H,8-9H2,1-3H3/t12-,14-/m0/s1. The highest BCUT2D eigenvalue weighted by Gasteiger charge is 2.28. The zero-order valence-corrected chi connectivity index (χ0v) is 12.4.